The summed E-state index contributed by atoms with van der Waals surface area (Å²) in [6, 6.07) is 14.1. The van der Waals surface area contributed by atoms with Gasteiger partial charge in [0, 0.05) is 24.7 Å². The molecule has 0 heterocycles. The number of halogens is 2. The molecule has 0 radical (unpaired) electrons. The van der Waals surface area contributed by atoms with Crippen molar-refractivity contribution in [3.05, 3.63) is 75.3 Å². The van der Waals surface area contributed by atoms with Crippen molar-refractivity contribution < 1.29 is 19.1 Å². The maximum atomic E-state index is 12.8. The van der Waals surface area contributed by atoms with Crippen LogP contribution in [0.15, 0.2) is 54.1 Å². The van der Waals surface area contributed by atoms with Crippen LogP contribution in [0.4, 0.5) is 0 Å². The van der Waals surface area contributed by atoms with Crippen LogP contribution in [0.5, 0.6) is 0 Å². The third-order valence-electron chi connectivity index (χ3n) is 3.73. The molecule has 0 bridgehead atoms. The number of likely N-dealkylation sites (N-methyl/N-ethyl adjacent to an activating group) is 1. The normalized spacial score (nSPS) is 11.5. The molecular formula is C21H21Cl2NO4. The molecule has 0 aromatic heterocycles. The second-order valence-corrected chi connectivity index (χ2v) is 6.87. The lowest BCUT2D eigenvalue weighted by molar-refractivity contribution is -0.141. The molecule has 0 N–H and O–H groups in total. The molecule has 0 aliphatic heterocycles. The number of benzene rings is 2. The predicted octanol–water partition coefficient (Wildman–Crippen LogP) is 4.57. The molecule has 0 unspecified atom stereocenters. The molecule has 0 atom stereocenters. The lowest BCUT2D eigenvalue weighted by Crippen LogP contribution is -2.30. The number of nitrogens with zero attached hydrogens (tertiary/aromatic N) is 1. The van der Waals surface area contributed by atoms with Gasteiger partial charge in [0.1, 0.15) is 12.4 Å². The Hall–Kier alpha value is -2.50. The first-order valence-corrected chi connectivity index (χ1v) is 9.36. The van der Waals surface area contributed by atoms with Gasteiger partial charge in [-0.3, -0.25) is 4.79 Å². The Bertz CT molecular complexity index is 879. The van der Waals surface area contributed by atoms with Gasteiger partial charge in [-0.1, -0.05) is 53.5 Å². The monoisotopic (exact) mass is 421 g/mol. The summed E-state index contributed by atoms with van der Waals surface area (Å²) in [4.78, 5) is 26.7. The van der Waals surface area contributed by atoms with Crippen molar-refractivity contribution in [2.45, 2.75) is 13.5 Å². The lowest BCUT2D eigenvalue weighted by atomic mass is 10.1. The molecule has 0 aliphatic carbocycles. The fraction of sp³-hybridized carbons (Fsp3) is 0.238. The highest BCUT2D eigenvalue weighted by Crippen LogP contribution is 2.31. The predicted molar refractivity (Wildman–Crippen MR) is 110 cm³/mol. The highest BCUT2D eigenvalue weighted by molar-refractivity contribution is 6.36. The first-order chi connectivity index (χ1) is 13.3. The van der Waals surface area contributed by atoms with E-state index in [4.69, 9.17) is 32.7 Å². The van der Waals surface area contributed by atoms with Crippen LogP contribution in [0.2, 0.25) is 10.0 Å². The molecule has 0 saturated heterocycles. The molecule has 28 heavy (non-hydrogen) atoms. The van der Waals surface area contributed by atoms with Crippen molar-refractivity contribution in [3.8, 4) is 0 Å². The Kier molecular flexibility index (Phi) is 7.91. The topological polar surface area (TPSA) is 55.8 Å². The van der Waals surface area contributed by atoms with Crippen LogP contribution < -0.4 is 0 Å². The van der Waals surface area contributed by atoms with Gasteiger partial charge >= 0.3 is 5.97 Å². The maximum absolute atomic E-state index is 12.8. The van der Waals surface area contributed by atoms with Crippen LogP contribution >= 0.6 is 23.2 Å². The molecule has 0 fully saturated rings. The molecule has 0 saturated carbocycles. The van der Waals surface area contributed by atoms with Crippen LogP contribution in [0.3, 0.4) is 0 Å². The van der Waals surface area contributed by atoms with Crippen molar-refractivity contribution in [3.63, 3.8) is 0 Å². The number of hydrogen-bond donors (Lipinski definition) is 0. The van der Waals surface area contributed by atoms with Crippen molar-refractivity contribution >= 4 is 40.8 Å². The van der Waals surface area contributed by atoms with E-state index in [2.05, 4.69) is 0 Å². The van der Waals surface area contributed by atoms with E-state index in [9.17, 15) is 9.59 Å². The van der Waals surface area contributed by atoms with Crippen LogP contribution in [-0.4, -0.2) is 37.5 Å². The minimum absolute atomic E-state index is 0.0441. The van der Waals surface area contributed by atoms with E-state index in [1.807, 2.05) is 30.3 Å². The Morgan fingerprint density at radius 3 is 2.25 bits per heavy atom. The van der Waals surface area contributed by atoms with E-state index in [0.29, 0.717) is 10.6 Å². The minimum atomic E-state index is -0.782. The first-order valence-electron chi connectivity index (χ1n) is 8.60. The smallest absolute Gasteiger partial charge is 0.347 e. The summed E-state index contributed by atoms with van der Waals surface area (Å²) in [5, 5.41) is 0.677. The largest absolute Gasteiger partial charge is 0.487 e. The average molecular weight is 422 g/mol. The van der Waals surface area contributed by atoms with Crippen molar-refractivity contribution in [2.24, 2.45) is 0 Å². The molecule has 7 heteroatoms. The zero-order valence-corrected chi connectivity index (χ0v) is 17.4. The van der Waals surface area contributed by atoms with Gasteiger partial charge in [-0.05, 0) is 30.7 Å². The van der Waals surface area contributed by atoms with Crippen molar-refractivity contribution in [1.82, 2.24) is 4.90 Å². The van der Waals surface area contributed by atoms with Gasteiger partial charge in [0.05, 0.1) is 11.6 Å². The quantitative estimate of drug-likeness (QED) is 0.216. The number of ether oxygens (including phenoxy) is 2. The van der Waals surface area contributed by atoms with E-state index < -0.39 is 11.9 Å². The number of rotatable bonds is 7. The first kappa shape index (κ1) is 21.8. The van der Waals surface area contributed by atoms with E-state index in [-0.39, 0.29) is 29.6 Å². The fourth-order valence-electron chi connectivity index (χ4n) is 2.39. The Balaban J connectivity index is 2.61. The third kappa shape index (κ3) is 5.50. The summed E-state index contributed by atoms with van der Waals surface area (Å²) in [7, 11) is 3.08. The molecule has 5 nitrogen and oxygen atoms in total. The summed E-state index contributed by atoms with van der Waals surface area (Å²) < 4.78 is 11.0. The molecule has 2 aromatic rings. The van der Waals surface area contributed by atoms with Crippen LogP contribution in [-0.2, 0) is 25.7 Å². The summed E-state index contributed by atoms with van der Waals surface area (Å²) in [5.74, 6) is -1.29. The van der Waals surface area contributed by atoms with Crippen LogP contribution in [0.25, 0.3) is 5.76 Å². The second kappa shape index (κ2) is 10.2. The molecular weight excluding hydrogens is 401 g/mol. The molecule has 0 spiro atoms. The second-order valence-electron chi connectivity index (χ2n) is 6.02. The zero-order chi connectivity index (χ0) is 20.7. The summed E-state index contributed by atoms with van der Waals surface area (Å²) in [5.41, 5.74) is 1.01. The number of amides is 1. The number of carbonyl (C=O) groups excluding carboxylic acids is 2. The van der Waals surface area contributed by atoms with Gasteiger partial charge in [0.25, 0.3) is 5.91 Å². The maximum Gasteiger partial charge on any atom is 0.347 e. The summed E-state index contributed by atoms with van der Waals surface area (Å²) in [6.45, 7) is 1.91. The molecule has 0 aliphatic rings. The molecule has 2 aromatic carbocycles. The molecule has 2 rings (SSSR count). The van der Waals surface area contributed by atoms with Crippen LogP contribution in [0, 0.1) is 0 Å². The summed E-state index contributed by atoms with van der Waals surface area (Å²) in [6.07, 6.45) is 0. The number of esters is 1. The summed E-state index contributed by atoms with van der Waals surface area (Å²) >= 11 is 12.3. The minimum Gasteiger partial charge on any atom is -0.487 e. The number of carbonyl (C=O) groups is 2. The van der Waals surface area contributed by atoms with Gasteiger partial charge in [-0.2, -0.15) is 0 Å². The zero-order valence-electron chi connectivity index (χ0n) is 15.9. The van der Waals surface area contributed by atoms with E-state index in [1.165, 1.54) is 11.0 Å². The fourth-order valence-corrected chi connectivity index (χ4v) is 2.89. The van der Waals surface area contributed by atoms with E-state index in [1.54, 1.807) is 33.2 Å². The van der Waals surface area contributed by atoms with Gasteiger partial charge in [-0.15, -0.1) is 0 Å². The SMILES string of the molecule is CCOC(=O)C(C(=O)N(C)C)=C(OCc1ccccc1)c1ccc(Cl)cc1Cl. The standard InChI is InChI=1S/C21H21Cl2NO4/c1-4-27-21(26)18(20(25)24(2)3)19(16-11-10-15(22)12-17(16)23)28-13-14-8-6-5-7-9-14/h5-12H,4,13H2,1-3H3. The lowest BCUT2D eigenvalue weighted by Gasteiger charge is -2.19. The highest BCUT2D eigenvalue weighted by Gasteiger charge is 2.29. The van der Waals surface area contributed by atoms with Gasteiger partial charge in [0.15, 0.2) is 5.57 Å². The van der Waals surface area contributed by atoms with Gasteiger partial charge < -0.3 is 14.4 Å². The third-order valence-corrected chi connectivity index (χ3v) is 4.28. The van der Waals surface area contributed by atoms with Crippen molar-refractivity contribution in [2.75, 3.05) is 20.7 Å². The molecule has 148 valence electrons. The van der Waals surface area contributed by atoms with Crippen LogP contribution in [0.1, 0.15) is 18.1 Å². The van der Waals surface area contributed by atoms with E-state index >= 15 is 0 Å². The Labute approximate surface area is 174 Å². The van der Waals surface area contributed by atoms with Gasteiger partial charge in [-0.25, -0.2) is 4.79 Å². The number of hydrogen-bond acceptors (Lipinski definition) is 4. The van der Waals surface area contributed by atoms with Gasteiger partial charge in [0.2, 0.25) is 0 Å². The average Bonchev–Trinajstić information content (AvgIpc) is 2.66. The Morgan fingerprint density at radius 2 is 1.68 bits per heavy atom. The highest BCUT2D eigenvalue weighted by atomic mass is 35.5. The van der Waals surface area contributed by atoms with Crippen molar-refractivity contribution in [1.29, 1.82) is 0 Å². The Morgan fingerprint density at radius 1 is 1.00 bits per heavy atom. The molecule has 1 amide bonds. The van der Waals surface area contributed by atoms with E-state index in [0.717, 1.165) is 5.56 Å².